The summed E-state index contributed by atoms with van der Waals surface area (Å²) in [7, 11) is 1.39. The van der Waals surface area contributed by atoms with Crippen LogP contribution in [0.3, 0.4) is 0 Å². The summed E-state index contributed by atoms with van der Waals surface area (Å²) in [5.74, 6) is 0.461. The van der Waals surface area contributed by atoms with Crippen LogP contribution in [0.15, 0.2) is 57.9 Å². The number of fused-ring (bicyclic) bond motifs is 1. The van der Waals surface area contributed by atoms with Crippen LogP contribution in [0.1, 0.15) is 6.92 Å². The second-order valence-corrected chi connectivity index (χ2v) is 7.19. The van der Waals surface area contributed by atoms with Crippen molar-refractivity contribution in [3.8, 4) is 22.6 Å². The topological polar surface area (TPSA) is 119 Å². The summed E-state index contributed by atoms with van der Waals surface area (Å²) in [6, 6.07) is 11.0. The second-order valence-electron chi connectivity index (χ2n) is 7.19. The Balaban J connectivity index is 1.63. The van der Waals surface area contributed by atoms with Gasteiger partial charge in [-0.1, -0.05) is 12.1 Å². The SMILES string of the molecule is CO[C@H]1[C@H](Oc2ccc3c(=O)c(-c4ccc(O)cc4)coc3c2)O[C@@H](C)[C@H](O)[C@H]1O. The lowest BCUT2D eigenvalue weighted by atomic mass is 10.00. The van der Waals surface area contributed by atoms with Crippen molar-refractivity contribution in [3.05, 3.63) is 59.0 Å². The number of phenolic OH excluding ortho intramolecular Hbond substituents is 1. The molecular formula is C22H22O8. The van der Waals surface area contributed by atoms with Crippen LogP contribution in [0.2, 0.25) is 0 Å². The quantitative estimate of drug-likeness (QED) is 0.593. The van der Waals surface area contributed by atoms with Gasteiger partial charge in [-0.3, -0.25) is 4.79 Å². The van der Waals surface area contributed by atoms with E-state index in [9.17, 15) is 20.1 Å². The summed E-state index contributed by atoms with van der Waals surface area (Å²) in [6.45, 7) is 1.63. The van der Waals surface area contributed by atoms with Crippen molar-refractivity contribution >= 4 is 11.0 Å². The van der Waals surface area contributed by atoms with Crippen LogP contribution in [0.5, 0.6) is 11.5 Å². The van der Waals surface area contributed by atoms with Gasteiger partial charge in [0.15, 0.2) is 5.43 Å². The average Bonchev–Trinajstić information content (AvgIpc) is 2.73. The number of aromatic hydroxyl groups is 1. The van der Waals surface area contributed by atoms with E-state index in [1.165, 1.54) is 25.5 Å². The molecule has 0 unspecified atom stereocenters. The molecule has 2 heterocycles. The summed E-state index contributed by atoms with van der Waals surface area (Å²) >= 11 is 0. The van der Waals surface area contributed by atoms with E-state index in [-0.39, 0.29) is 11.2 Å². The molecule has 158 valence electrons. The zero-order chi connectivity index (χ0) is 21.4. The molecular weight excluding hydrogens is 392 g/mol. The van der Waals surface area contributed by atoms with E-state index < -0.39 is 30.7 Å². The lowest BCUT2D eigenvalue weighted by Gasteiger charge is -2.40. The molecule has 30 heavy (non-hydrogen) atoms. The summed E-state index contributed by atoms with van der Waals surface area (Å²) in [6.07, 6.45) is -3.40. The molecule has 0 amide bonds. The summed E-state index contributed by atoms with van der Waals surface area (Å²) < 4.78 is 22.3. The molecule has 3 N–H and O–H groups in total. The maximum Gasteiger partial charge on any atom is 0.229 e. The Morgan fingerprint density at radius 2 is 1.77 bits per heavy atom. The standard InChI is InChI=1S/C22H22O8/c1-11-18(24)20(26)21(27-2)22(29-11)30-14-7-8-15-17(9-14)28-10-16(19(15)25)12-3-5-13(23)6-4-12/h3-11,18,20-24,26H,1-2H3/t11-,18-,20+,21+,22-/m0/s1. The van der Waals surface area contributed by atoms with Gasteiger partial charge in [-0.05, 0) is 36.8 Å². The van der Waals surface area contributed by atoms with E-state index in [4.69, 9.17) is 18.6 Å². The maximum atomic E-state index is 12.9. The van der Waals surface area contributed by atoms with Gasteiger partial charge < -0.3 is 33.9 Å². The molecule has 8 heteroatoms. The zero-order valence-corrected chi connectivity index (χ0v) is 16.4. The smallest absolute Gasteiger partial charge is 0.229 e. The maximum absolute atomic E-state index is 12.9. The number of ether oxygens (including phenoxy) is 3. The first kappa shape index (κ1) is 20.4. The van der Waals surface area contributed by atoms with Gasteiger partial charge in [-0.25, -0.2) is 0 Å². The third-order valence-electron chi connectivity index (χ3n) is 5.23. The number of methoxy groups -OCH3 is 1. The highest BCUT2D eigenvalue weighted by atomic mass is 16.7. The molecule has 0 bridgehead atoms. The molecule has 2 aromatic carbocycles. The molecule has 1 aliphatic heterocycles. The van der Waals surface area contributed by atoms with Gasteiger partial charge in [-0.15, -0.1) is 0 Å². The van der Waals surface area contributed by atoms with E-state index in [0.29, 0.717) is 27.8 Å². The number of phenols is 1. The van der Waals surface area contributed by atoms with Crippen molar-refractivity contribution in [2.24, 2.45) is 0 Å². The lowest BCUT2D eigenvalue weighted by molar-refractivity contribution is -0.274. The van der Waals surface area contributed by atoms with Gasteiger partial charge in [-0.2, -0.15) is 0 Å². The van der Waals surface area contributed by atoms with E-state index in [0.717, 1.165) is 0 Å². The fraction of sp³-hybridized carbons (Fsp3) is 0.318. The number of rotatable bonds is 4. The Kier molecular flexibility index (Phi) is 5.48. The molecule has 5 atom stereocenters. The zero-order valence-electron chi connectivity index (χ0n) is 16.4. The first-order chi connectivity index (χ1) is 14.4. The van der Waals surface area contributed by atoms with E-state index in [1.807, 2.05) is 0 Å². The number of aliphatic hydroxyl groups is 2. The minimum Gasteiger partial charge on any atom is -0.508 e. The van der Waals surface area contributed by atoms with Crippen LogP contribution in [-0.2, 0) is 9.47 Å². The fourth-order valence-electron chi connectivity index (χ4n) is 3.50. The number of hydrogen-bond donors (Lipinski definition) is 3. The first-order valence-corrected chi connectivity index (χ1v) is 9.45. The van der Waals surface area contributed by atoms with Crippen LogP contribution < -0.4 is 10.2 Å². The molecule has 8 nitrogen and oxygen atoms in total. The second kappa shape index (κ2) is 8.08. The molecule has 0 saturated carbocycles. The normalized spacial score (nSPS) is 26.6. The van der Waals surface area contributed by atoms with Gasteiger partial charge in [0.2, 0.25) is 6.29 Å². The van der Waals surface area contributed by atoms with Crippen molar-refractivity contribution < 1.29 is 33.9 Å². The first-order valence-electron chi connectivity index (χ1n) is 9.45. The predicted octanol–water partition coefficient (Wildman–Crippen LogP) is 2.03. The third-order valence-corrected chi connectivity index (χ3v) is 5.23. The Morgan fingerprint density at radius 3 is 2.47 bits per heavy atom. The lowest BCUT2D eigenvalue weighted by Crippen LogP contribution is -2.59. The Morgan fingerprint density at radius 1 is 1.03 bits per heavy atom. The molecule has 1 fully saturated rings. The molecule has 4 rings (SSSR count). The van der Waals surface area contributed by atoms with Crippen LogP contribution >= 0.6 is 0 Å². The van der Waals surface area contributed by atoms with Crippen LogP contribution in [0, 0.1) is 0 Å². The van der Waals surface area contributed by atoms with Crippen LogP contribution in [-0.4, -0.2) is 53.1 Å². The van der Waals surface area contributed by atoms with Gasteiger partial charge in [0, 0.05) is 13.2 Å². The van der Waals surface area contributed by atoms with Crippen molar-refractivity contribution in [1.82, 2.24) is 0 Å². The largest absolute Gasteiger partial charge is 0.508 e. The number of aliphatic hydroxyl groups excluding tert-OH is 2. The van der Waals surface area contributed by atoms with E-state index in [1.54, 1.807) is 37.3 Å². The Bertz CT molecular complexity index is 1090. The molecule has 1 aromatic heterocycles. The van der Waals surface area contributed by atoms with Gasteiger partial charge in [0.1, 0.15) is 41.7 Å². The number of benzene rings is 2. The third kappa shape index (κ3) is 3.66. The van der Waals surface area contributed by atoms with Crippen molar-refractivity contribution in [2.45, 2.75) is 37.6 Å². The monoisotopic (exact) mass is 414 g/mol. The molecule has 1 aliphatic rings. The summed E-state index contributed by atoms with van der Waals surface area (Å²) in [4.78, 5) is 12.9. The van der Waals surface area contributed by atoms with Gasteiger partial charge >= 0.3 is 0 Å². The highest BCUT2D eigenvalue weighted by molar-refractivity contribution is 5.82. The Hall–Kier alpha value is -2.91. The predicted molar refractivity (Wildman–Crippen MR) is 107 cm³/mol. The average molecular weight is 414 g/mol. The minimum absolute atomic E-state index is 0.108. The van der Waals surface area contributed by atoms with Gasteiger partial charge in [0.25, 0.3) is 0 Å². The summed E-state index contributed by atoms with van der Waals surface area (Å²) in [5.41, 5.74) is 1.10. The molecule has 1 saturated heterocycles. The van der Waals surface area contributed by atoms with Crippen molar-refractivity contribution in [1.29, 1.82) is 0 Å². The number of hydrogen-bond acceptors (Lipinski definition) is 8. The van der Waals surface area contributed by atoms with E-state index >= 15 is 0 Å². The van der Waals surface area contributed by atoms with Crippen molar-refractivity contribution in [2.75, 3.05) is 7.11 Å². The summed E-state index contributed by atoms with van der Waals surface area (Å²) in [5, 5.41) is 30.0. The van der Waals surface area contributed by atoms with Crippen molar-refractivity contribution in [3.63, 3.8) is 0 Å². The highest BCUT2D eigenvalue weighted by Gasteiger charge is 2.44. The van der Waals surface area contributed by atoms with Crippen LogP contribution in [0.25, 0.3) is 22.1 Å². The van der Waals surface area contributed by atoms with Gasteiger partial charge in [0.05, 0.1) is 17.1 Å². The molecule has 0 spiro atoms. The highest BCUT2D eigenvalue weighted by Crippen LogP contribution is 2.28. The minimum atomic E-state index is -1.17. The van der Waals surface area contributed by atoms with Crippen LogP contribution in [0.4, 0.5) is 0 Å². The molecule has 0 radical (unpaired) electrons. The fourth-order valence-corrected chi connectivity index (χ4v) is 3.50. The molecule has 0 aliphatic carbocycles. The Labute approximate surface area is 171 Å². The molecule has 3 aromatic rings. The van der Waals surface area contributed by atoms with E-state index in [2.05, 4.69) is 0 Å².